The van der Waals surface area contributed by atoms with Gasteiger partial charge in [0.2, 0.25) is 11.8 Å². The molecule has 0 N–H and O–H groups in total. The largest absolute Gasteiger partial charge is 0.466 e. The Kier molecular flexibility index (Phi) is 17.5. The Morgan fingerprint density at radius 3 is 1.27 bits per heavy atom. The van der Waals surface area contributed by atoms with Crippen molar-refractivity contribution in [3.05, 3.63) is 104 Å². The van der Waals surface area contributed by atoms with Gasteiger partial charge in [-0.1, -0.05) is 129 Å². The van der Waals surface area contributed by atoms with Gasteiger partial charge in [-0.05, 0) is 132 Å². The van der Waals surface area contributed by atoms with Crippen LogP contribution in [0.25, 0.3) is 11.1 Å². The lowest BCUT2D eigenvalue weighted by molar-refractivity contribution is -0.145. The lowest BCUT2D eigenvalue weighted by Gasteiger charge is -2.41. The molecule has 0 fully saturated rings. The topological polar surface area (TPSA) is 93.2 Å². The van der Waals surface area contributed by atoms with Gasteiger partial charge in [0.05, 0.1) is 26.1 Å². The fourth-order valence-electron chi connectivity index (χ4n) is 10.0. The molecule has 8 nitrogen and oxygen atoms in total. The van der Waals surface area contributed by atoms with E-state index in [1.165, 1.54) is 22.3 Å². The maximum absolute atomic E-state index is 13.1. The summed E-state index contributed by atoms with van der Waals surface area (Å²) in [5.41, 5.74) is 9.15. The van der Waals surface area contributed by atoms with Crippen molar-refractivity contribution in [3.63, 3.8) is 0 Å². The molecule has 2 aromatic rings. The highest BCUT2D eigenvalue weighted by atomic mass is 35.5. The van der Waals surface area contributed by atoms with E-state index in [2.05, 4.69) is 118 Å². The summed E-state index contributed by atoms with van der Waals surface area (Å²) >= 11 is 13.6. The van der Waals surface area contributed by atoms with Crippen LogP contribution < -0.4 is 0 Å². The van der Waals surface area contributed by atoms with Gasteiger partial charge < -0.3 is 19.3 Å². The van der Waals surface area contributed by atoms with Crippen LogP contribution in [-0.4, -0.2) is 59.9 Å². The molecular weight excluding hydrogens is 868 g/mol. The molecule has 10 heteroatoms. The number of esters is 2. The van der Waals surface area contributed by atoms with E-state index >= 15 is 0 Å². The van der Waals surface area contributed by atoms with E-state index in [0.717, 1.165) is 70.8 Å². The molecule has 2 aromatic carbocycles. The second-order valence-corrected chi connectivity index (χ2v) is 22.2. The molecular formula is C56H76Cl2N2O6. The highest BCUT2D eigenvalue weighted by Crippen LogP contribution is 2.47. The SMILES string of the molecule is CCOC(=O)CCN1C=C(C(C)C)C(C)(c2ccc(C3=CCC(C)(C)CC3)c(Cl)c2)CC1=O.CCOC(=O)CCN1C=C(C(C)C)[C@](C)(c2ccc(C3=CCC(C)(C)CC3)c(Cl)c2)CC1=O. The average molecular weight is 944 g/mol. The zero-order chi connectivity index (χ0) is 48.8. The molecule has 2 amide bonds. The predicted octanol–water partition coefficient (Wildman–Crippen LogP) is 13.8. The van der Waals surface area contributed by atoms with Gasteiger partial charge in [-0.3, -0.25) is 19.2 Å². The number of allylic oxidation sites excluding steroid dienone is 6. The molecule has 1 unspecified atom stereocenters. The Morgan fingerprint density at radius 1 is 0.621 bits per heavy atom. The molecule has 0 saturated carbocycles. The number of ether oxygens (including phenoxy) is 2. The van der Waals surface area contributed by atoms with E-state index in [1.807, 2.05) is 12.4 Å². The average Bonchev–Trinajstić information content (AvgIpc) is 3.23. The van der Waals surface area contributed by atoms with Crippen molar-refractivity contribution < 1.29 is 28.7 Å². The number of nitrogens with zero attached hydrogens (tertiary/aromatic N) is 2. The van der Waals surface area contributed by atoms with Crippen LogP contribution in [0.1, 0.15) is 170 Å². The molecule has 0 bridgehead atoms. The summed E-state index contributed by atoms with van der Waals surface area (Å²) in [5, 5.41) is 1.50. The van der Waals surface area contributed by atoms with Crippen LogP contribution >= 0.6 is 23.2 Å². The van der Waals surface area contributed by atoms with Crippen LogP contribution in [0.3, 0.4) is 0 Å². The molecule has 4 aliphatic rings. The van der Waals surface area contributed by atoms with Crippen LogP contribution in [0.2, 0.25) is 10.0 Å². The summed E-state index contributed by atoms with van der Waals surface area (Å²) in [7, 11) is 0. The van der Waals surface area contributed by atoms with Crippen molar-refractivity contribution in [2.24, 2.45) is 22.7 Å². The van der Waals surface area contributed by atoms with Crippen molar-refractivity contribution in [1.82, 2.24) is 9.80 Å². The van der Waals surface area contributed by atoms with Gasteiger partial charge in [-0.2, -0.15) is 0 Å². The zero-order valence-corrected chi connectivity index (χ0v) is 43.4. The van der Waals surface area contributed by atoms with E-state index in [9.17, 15) is 19.2 Å². The summed E-state index contributed by atoms with van der Waals surface area (Å²) in [4.78, 5) is 53.1. The van der Waals surface area contributed by atoms with Crippen LogP contribution in [0, 0.1) is 22.7 Å². The molecule has 2 aliphatic heterocycles. The lowest BCUT2D eigenvalue weighted by atomic mass is 9.68. The van der Waals surface area contributed by atoms with Gasteiger partial charge in [0.15, 0.2) is 0 Å². The first kappa shape index (κ1) is 52.8. The summed E-state index contributed by atoms with van der Waals surface area (Å²) in [6.45, 7) is 27.0. The third kappa shape index (κ3) is 12.7. The molecule has 6 rings (SSSR count). The molecule has 0 saturated heterocycles. The van der Waals surface area contributed by atoms with Crippen molar-refractivity contribution in [3.8, 4) is 0 Å². The van der Waals surface area contributed by atoms with E-state index in [4.69, 9.17) is 32.7 Å². The van der Waals surface area contributed by atoms with E-state index < -0.39 is 10.8 Å². The number of carbonyl (C=O) groups excluding carboxylic acids is 4. The quantitative estimate of drug-likeness (QED) is 0.175. The number of rotatable bonds is 14. The van der Waals surface area contributed by atoms with Gasteiger partial charge in [0.1, 0.15) is 0 Å². The first-order chi connectivity index (χ1) is 30.9. The second kappa shape index (κ2) is 21.9. The standard InChI is InChI=1S/2C28H38ClNO3/c2*1-7-33-26(32)12-15-30-18-23(19(2)3)28(6,17-25(30)31)21-8-9-22(24(29)16-21)20-10-13-27(4,5)14-11-20/h2*8-10,16,18-19H,7,11-15,17H2,1-6H3/t28-;/m0./s1. The number of benzene rings is 2. The number of amides is 2. The first-order valence-electron chi connectivity index (χ1n) is 24.3. The van der Waals surface area contributed by atoms with E-state index in [0.29, 0.717) is 50.0 Å². The third-order valence-electron chi connectivity index (χ3n) is 14.3. The van der Waals surface area contributed by atoms with Gasteiger partial charge in [-0.15, -0.1) is 0 Å². The molecule has 66 heavy (non-hydrogen) atoms. The summed E-state index contributed by atoms with van der Waals surface area (Å²) in [5.74, 6) is -0.0288. The Morgan fingerprint density at radius 2 is 0.985 bits per heavy atom. The third-order valence-corrected chi connectivity index (χ3v) is 15.0. The summed E-state index contributed by atoms with van der Waals surface area (Å²) in [6.07, 6.45) is 16.2. The maximum Gasteiger partial charge on any atom is 0.307 e. The van der Waals surface area contributed by atoms with E-state index in [1.54, 1.807) is 23.6 Å². The Labute approximate surface area is 406 Å². The summed E-state index contributed by atoms with van der Waals surface area (Å²) in [6, 6.07) is 12.6. The minimum Gasteiger partial charge on any atom is -0.466 e. The molecule has 2 aliphatic carbocycles. The number of hydrogen-bond donors (Lipinski definition) is 0. The number of halogens is 2. The molecule has 0 radical (unpaired) electrons. The Bertz CT molecular complexity index is 2110. The van der Waals surface area contributed by atoms with Crippen LogP contribution in [0.15, 0.2) is 72.1 Å². The van der Waals surface area contributed by atoms with Gasteiger partial charge >= 0.3 is 11.9 Å². The van der Waals surface area contributed by atoms with Crippen LogP contribution in [-0.2, 0) is 39.5 Å². The molecule has 0 spiro atoms. The first-order valence-corrected chi connectivity index (χ1v) is 25.0. The highest BCUT2D eigenvalue weighted by Gasteiger charge is 2.42. The number of hydrogen-bond acceptors (Lipinski definition) is 6. The van der Waals surface area contributed by atoms with Crippen LogP contribution in [0.5, 0.6) is 0 Å². The van der Waals surface area contributed by atoms with Crippen molar-refractivity contribution >= 4 is 58.1 Å². The lowest BCUT2D eigenvalue weighted by Crippen LogP contribution is -2.42. The molecule has 0 aromatic heterocycles. The normalized spacial score (nSPS) is 22.8. The van der Waals surface area contributed by atoms with Gasteiger partial charge in [0.25, 0.3) is 0 Å². The Hall–Kier alpha value is -4.14. The summed E-state index contributed by atoms with van der Waals surface area (Å²) < 4.78 is 10.0. The minimum absolute atomic E-state index is 0.0172. The smallest absolute Gasteiger partial charge is 0.307 e. The van der Waals surface area contributed by atoms with Gasteiger partial charge in [-0.25, -0.2) is 0 Å². The maximum atomic E-state index is 13.1. The van der Waals surface area contributed by atoms with Gasteiger partial charge in [0, 0.05) is 59.2 Å². The van der Waals surface area contributed by atoms with Crippen molar-refractivity contribution in [2.75, 3.05) is 26.3 Å². The van der Waals surface area contributed by atoms with Crippen LogP contribution in [0.4, 0.5) is 0 Å². The molecule has 2 atom stereocenters. The molecule has 360 valence electrons. The molecule has 2 heterocycles. The fraction of sp³-hybridized carbons (Fsp3) is 0.571. The van der Waals surface area contributed by atoms with Crippen molar-refractivity contribution in [2.45, 2.75) is 158 Å². The monoisotopic (exact) mass is 943 g/mol. The predicted molar refractivity (Wildman–Crippen MR) is 270 cm³/mol. The highest BCUT2D eigenvalue weighted by molar-refractivity contribution is 6.32. The van der Waals surface area contributed by atoms with Crippen molar-refractivity contribution in [1.29, 1.82) is 0 Å². The Balaban J connectivity index is 0.000000247. The fourth-order valence-corrected chi connectivity index (χ4v) is 10.6. The second-order valence-electron chi connectivity index (χ2n) is 21.4. The van der Waals surface area contributed by atoms with E-state index in [-0.39, 0.29) is 48.4 Å². The number of carbonyl (C=O) groups is 4. The zero-order valence-electron chi connectivity index (χ0n) is 41.9. The minimum atomic E-state index is -0.434.